The zero-order valence-corrected chi connectivity index (χ0v) is 9.79. The molecule has 0 aliphatic rings. The molecule has 1 unspecified atom stereocenters. The molecule has 0 fully saturated rings. The van der Waals surface area contributed by atoms with Crippen LogP contribution in [0.2, 0.25) is 0 Å². The van der Waals surface area contributed by atoms with Crippen LogP contribution in [0.1, 0.15) is 26.7 Å². The van der Waals surface area contributed by atoms with Crippen molar-refractivity contribution in [2.24, 2.45) is 5.73 Å². The molecule has 1 atom stereocenters. The summed E-state index contributed by atoms with van der Waals surface area (Å²) in [7, 11) is 0. The highest BCUT2D eigenvalue weighted by Crippen LogP contribution is 2.19. The normalized spacial score (nSPS) is 14.3. The van der Waals surface area contributed by atoms with E-state index in [2.05, 4.69) is 12.2 Å². The van der Waals surface area contributed by atoms with Crippen LogP contribution in [0, 0.1) is 0 Å². The van der Waals surface area contributed by atoms with Gasteiger partial charge in [-0.05, 0) is 19.9 Å². The molecule has 0 heterocycles. The maximum absolute atomic E-state index is 12.2. The van der Waals surface area contributed by atoms with E-state index in [9.17, 15) is 13.2 Å². The van der Waals surface area contributed by atoms with E-state index in [1.807, 2.05) is 6.92 Å². The summed E-state index contributed by atoms with van der Waals surface area (Å²) >= 11 is 4.69. The molecule has 0 aromatic carbocycles. The summed E-state index contributed by atoms with van der Waals surface area (Å²) in [4.78, 5) is 1.62. The van der Waals surface area contributed by atoms with Crippen LogP contribution in [0.5, 0.6) is 0 Å². The predicted octanol–water partition coefficient (Wildman–Crippen LogP) is 2.33. The van der Waals surface area contributed by atoms with Crippen molar-refractivity contribution in [2.45, 2.75) is 38.9 Å². The Balaban J connectivity index is 4.30. The standard InChI is InChI=1S/C9H17F3N2S/c1-3-4-14(6-9(10,11)12)7(2)5-8(13)15/h7H,3-6H2,1-2H3,(H2,13,15). The number of hydrogen-bond acceptors (Lipinski definition) is 2. The van der Waals surface area contributed by atoms with Crippen molar-refractivity contribution in [3.63, 3.8) is 0 Å². The van der Waals surface area contributed by atoms with Crippen LogP contribution >= 0.6 is 12.2 Å². The van der Waals surface area contributed by atoms with E-state index in [4.69, 9.17) is 5.73 Å². The fourth-order valence-corrected chi connectivity index (χ4v) is 1.63. The van der Waals surface area contributed by atoms with Crippen LogP contribution in [0.15, 0.2) is 0 Å². The summed E-state index contributed by atoms with van der Waals surface area (Å²) in [5.41, 5.74) is 5.31. The molecular formula is C9H17F3N2S. The molecular weight excluding hydrogens is 225 g/mol. The maximum atomic E-state index is 12.2. The zero-order chi connectivity index (χ0) is 12.1. The number of nitrogens with zero attached hydrogens (tertiary/aromatic N) is 1. The molecule has 0 spiro atoms. The summed E-state index contributed by atoms with van der Waals surface area (Å²) < 4.78 is 36.7. The SMILES string of the molecule is CCCN(CC(F)(F)F)C(C)CC(N)=S. The van der Waals surface area contributed by atoms with Gasteiger partial charge in [0.05, 0.1) is 11.5 Å². The summed E-state index contributed by atoms with van der Waals surface area (Å²) in [6.07, 6.45) is -3.16. The van der Waals surface area contributed by atoms with Gasteiger partial charge in [-0.25, -0.2) is 0 Å². The number of halogens is 3. The first-order valence-electron chi connectivity index (χ1n) is 4.85. The van der Waals surface area contributed by atoms with E-state index in [0.717, 1.165) is 0 Å². The minimum atomic E-state index is -4.17. The molecule has 0 amide bonds. The Morgan fingerprint density at radius 2 is 2.00 bits per heavy atom. The molecule has 2 nitrogen and oxygen atoms in total. The lowest BCUT2D eigenvalue weighted by Crippen LogP contribution is -2.42. The lowest BCUT2D eigenvalue weighted by Gasteiger charge is -2.29. The summed E-state index contributed by atoms with van der Waals surface area (Å²) in [6.45, 7) is 3.06. The number of nitrogens with two attached hydrogens (primary N) is 1. The molecule has 6 heteroatoms. The number of alkyl halides is 3. The van der Waals surface area contributed by atoms with Gasteiger partial charge in [0, 0.05) is 12.5 Å². The molecule has 0 saturated heterocycles. The van der Waals surface area contributed by atoms with Gasteiger partial charge in [0.1, 0.15) is 0 Å². The van der Waals surface area contributed by atoms with Gasteiger partial charge in [-0.3, -0.25) is 4.90 Å². The van der Waals surface area contributed by atoms with Gasteiger partial charge in [-0.2, -0.15) is 13.2 Å². The number of hydrogen-bond donors (Lipinski definition) is 1. The molecule has 0 aliphatic carbocycles. The predicted molar refractivity (Wildman–Crippen MR) is 58.8 cm³/mol. The maximum Gasteiger partial charge on any atom is 0.401 e. The Labute approximate surface area is 93.6 Å². The van der Waals surface area contributed by atoms with Crippen LogP contribution in [0.4, 0.5) is 13.2 Å². The van der Waals surface area contributed by atoms with E-state index in [1.165, 1.54) is 4.90 Å². The van der Waals surface area contributed by atoms with E-state index in [0.29, 0.717) is 19.4 Å². The molecule has 0 rings (SSSR count). The second-order valence-electron chi connectivity index (χ2n) is 3.61. The lowest BCUT2D eigenvalue weighted by atomic mass is 10.2. The first-order chi connectivity index (χ1) is 6.76. The molecule has 90 valence electrons. The second kappa shape index (κ2) is 6.27. The van der Waals surface area contributed by atoms with Crippen LogP contribution in [0.3, 0.4) is 0 Å². The number of thiocarbonyl (C=S) groups is 1. The van der Waals surface area contributed by atoms with E-state index in [-0.39, 0.29) is 11.0 Å². The summed E-state index contributed by atoms with van der Waals surface area (Å²) in [6, 6.07) is -0.260. The minimum absolute atomic E-state index is 0.255. The Bertz CT molecular complexity index is 206. The monoisotopic (exact) mass is 242 g/mol. The fourth-order valence-electron chi connectivity index (χ4n) is 1.39. The van der Waals surface area contributed by atoms with Gasteiger partial charge in [0.25, 0.3) is 0 Å². The quantitative estimate of drug-likeness (QED) is 0.725. The lowest BCUT2D eigenvalue weighted by molar-refractivity contribution is -0.149. The number of rotatable bonds is 6. The van der Waals surface area contributed by atoms with Crippen molar-refractivity contribution in [3.05, 3.63) is 0 Å². The first-order valence-corrected chi connectivity index (χ1v) is 5.26. The van der Waals surface area contributed by atoms with Gasteiger partial charge in [-0.15, -0.1) is 0 Å². The molecule has 0 aromatic heterocycles. The molecule has 15 heavy (non-hydrogen) atoms. The Kier molecular flexibility index (Phi) is 6.12. The van der Waals surface area contributed by atoms with Crippen molar-refractivity contribution in [2.75, 3.05) is 13.1 Å². The minimum Gasteiger partial charge on any atom is -0.393 e. The third-order valence-corrected chi connectivity index (χ3v) is 2.18. The van der Waals surface area contributed by atoms with Crippen molar-refractivity contribution in [3.8, 4) is 0 Å². The molecule has 0 radical (unpaired) electrons. The molecule has 0 aliphatic heterocycles. The average molecular weight is 242 g/mol. The smallest absolute Gasteiger partial charge is 0.393 e. The Morgan fingerprint density at radius 1 is 1.47 bits per heavy atom. The fraction of sp³-hybridized carbons (Fsp3) is 0.889. The molecule has 0 saturated carbocycles. The van der Waals surface area contributed by atoms with Crippen LogP contribution in [0.25, 0.3) is 0 Å². The van der Waals surface area contributed by atoms with Crippen LogP contribution in [-0.2, 0) is 0 Å². The Hall–Kier alpha value is -0.360. The molecule has 0 aromatic rings. The van der Waals surface area contributed by atoms with E-state index >= 15 is 0 Å². The van der Waals surface area contributed by atoms with Crippen molar-refractivity contribution in [1.82, 2.24) is 4.90 Å². The molecule has 0 bridgehead atoms. The van der Waals surface area contributed by atoms with Gasteiger partial charge < -0.3 is 5.73 Å². The van der Waals surface area contributed by atoms with E-state index < -0.39 is 12.7 Å². The van der Waals surface area contributed by atoms with Crippen molar-refractivity contribution in [1.29, 1.82) is 0 Å². The Morgan fingerprint density at radius 3 is 2.33 bits per heavy atom. The third-order valence-electron chi connectivity index (χ3n) is 2.01. The van der Waals surface area contributed by atoms with Crippen molar-refractivity contribution >= 4 is 17.2 Å². The third kappa shape index (κ3) is 7.56. The summed E-state index contributed by atoms with van der Waals surface area (Å²) in [5.74, 6) is 0. The van der Waals surface area contributed by atoms with Gasteiger partial charge in [-0.1, -0.05) is 19.1 Å². The largest absolute Gasteiger partial charge is 0.401 e. The van der Waals surface area contributed by atoms with Gasteiger partial charge in [0.2, 0.25) is 0 Å². The van der Waals surface area contributed by atoms with E-state index in [1.54, 1.807) is 6.92 Å². The van der Waals surface area contributed by atoms with Crippen LogP contribution in [-0.4, -0.2) is 35.2 Å². The summed E-state index contributed by atoms with van der Waals surface area (Å²) in [5, 5.41) is 0. The topological polar surface area (TPSA) is 29.3 Å². The first kappa shape index (κ1) is 14.6. The van der Waals surface area contributed by atoms with Crippen LogP contribution < -0.4 is 5.73 Å². The highest BCUT2D eigenvalue weighted by atomic mass is 32.1. The van der Waals surface area contributed by atoms with Gasteiger partial charge in [0.15, 0.2) is 0 Å². The highest BCUT2D eigenvalue weighted by Gasteiger charge is 2.32. The highest BCUT2D eigenvalue weighted by molar-refractivity contribution is 7.80. The van der Waals surface area contributed by atoms with Gasteiger partial charge >= 0.3 is 6.18 Å². The second-order valence-corrected chi connectivity index (χ2v) is 4.13. The van der Waals surface area contributed by atoms with Crippen molar-refractivity contribution < 1.29 is 13.2 Å². The zero-order valence-electron chi connectivity index (χ0n) is 8.97. The molecule has 2 N–H and O–H groups in total. The average Bonchev–Trinajstić information content (AvgIpc) is 1.99.